The van der Waals surface area contributed by atoms with Crippen molar-refractivity contribution in [1.82, 2.24) is 0 Å². The Balaban J connectivity index is 2.50. The standard InChI is InChI=1S/C10H7F2NO3/c11-4-1-5(12)9-6(2-4)13-7(10(15)16)3-8(9)14/h1-2,7,13H,3H2,(H,15,16)/t7-/m1/s1. The van der Waals surface area contributed by atoms with Crippen LogP contribution in [0.15, 0.2) is 12.1 Å². The third-order valence-corrected chi connectivity index (χ3v) is 2.35. The molecule has 1 aromatic carbocycles. The lowest BCUT2D eigenvalue weighted by atomic mass is 9.96. The SMILES string of the molecule is O=C1C[C@H](C(=O)O)Nc2cc(F)cc(F)c21. The highest BCUT2D eigenvalue weighted by atomic mass is 19.1. The first-order chi connectivity index (χ1) is 7.49. The number of Topliss-reactive ketones (excluding diaryl/α,β-unsaturated/α-hetero) is 1. The number of hydrogen-bond donors (Lipinski definition) is 2. The van der Waals surface area contributed by atoms with Crippen LogP contribution in [0.5, 0.6) is 0 Å². The van der Waals surface area contributed by atoms with Crippen LogP contribution in [0.25, 0.3) is 0 Å². The van der Waals surface area contributed by atoms with Crippen LogP contribution in [0.2, 0.25) is 0 Å². The highest BCUT2D eigenvalue weighted by molar-refractivity contribution is 6.06. The summed E-state index contributed by atoms with van der Waals surface area (Å²) in [5.41, 5.74) is -0.389. The Morgan fingerprint density at radius 1 is 1.44 bits per heavy atom. The Kier molecular flexibility index (Phi) is 2.34. The van der Waals surface area contributed by atoms with Crippen molar-refractivity contribution in [3.05, 3.63) is 29.3 Å². The van der Waals surface area contributed by atoms with Gasteiger partial charge in [0.15, 0.2) is 5.78 Å². The number of carbonyl (C=O) groups is 2. The molecule has 0 saturated heterocycles. The molecule has 0 fully saturated rings. The van der Waals surface area contributed by atoms with Gasteiger partial charge in [-0.1, -0.05) is 0 Å². The molecule has 0 unspecified atom stereocenters. The summed E-state index contributed by atoms with van der Waals surface area (Å²) in [6.07, 6.45) is -0.342. The van der Waals surface area contributed by atoms with Crippen molar-refractivity contribution >= 4 is 17.4 Å². The van der Waals surface area contributed by atoms with Crippen LogP contribution in [0.4, 0.5) is 14.5 Å². The fourth-order valence-electron chi connectivity index (χ4n) is 1.65. The number of ketones is 1. The van der Waals surface area contributed by atoms with Crippen molar-refractivity contribution in [1.29, 1.82) is 0 Å². The molecule has 0 radical (unpaired) electrons. The zero-order valence-corrected chi connectivity index (χ0v) is 7.96. The second kappa shape index (κ2) is 3.55. The number of rotatable bonds is 1. The number of benzene rings is 1. The molecule has 2 N–H and O–H groups in total. The molecule has 1 atom stereocenters. The molecule has 84 valence electrons. The van der Waals surface area contributed by atoms with E-state index in [-0.39, 0.29) is 17.7 Å². The number of carboxylic acid groups (broad SMARTS) is 1. The van der Waals surface area contributed by atoms with Crippen LogP contribution in [0.1, 0.15) is 16.8 Å². The molecule has 0 aromatic heterocycles. The van der Waals surface area contributed by atoms with E-state index >= 15 is 0 Å². The average molecular weight is 227 g/mol. The van der Waals surface area contributed by atoms with E-state index in [1.54, 1.807) is 0 Å². The third kappa shape index (κ3) is 1.62. The van der Waals surface area contributed by atoms with E-state index in [9.17, 15) is 18.4 Å². The van der Waals surface area contributed by atoms with Crippen LogP contribution in [0, 0.1) is 11.6 Å². The number of fused-ring (bicyclic) bond motifs is 1. The van der Waals surface area contributed by atoms with Gasteiger partial charge in [0.1, 0.15) is 17.7 Å². The zero-order valence-electron chi connectivity index (χ0n) is 7.96. The Bertz CT molecular complexity index is 487. The maximum Gasteiger partial charge on any atom is 0.326 e. The van der Waals surface area contributed by atoms with Crippen LogP contribution in [-0.4, -0.2) is 22.9 Å². The third-order valence-electron chi connectivity index (χ3n) is 2.35. The first-order valence-corrected chi connectivity index (χ1v) is 4.50. The minimum absolute atomic E-state index is 0.110. The topological polar surface area (TPSA) is 66.4 Å². The molecule has 0 saturated carbocycles. The minimum atomic E-state index is -1.23. The van der Waals surface area contributed by atoms with Crippen LogP contribution in [0.3, 0.4) is 0 Å². The monoisotopic (exact) mass is 227 g/mol. The molecule has 1 aliphatic rings. The van der Waals surface area contributed by atoms with E-state index in [2.05, 4.69) is 5.32 Å². The average Bonchev–Trinajstić information content (AvgIpc) is 2.15. The molecule has 0 amide bonds. The van der Waals surface area contributed by atoms with Crippen molar-refractivity contribution in [2.24, 2.45) is 0 Å². The van der Waals surface area contributed by atoms with Gasteiger partial charge in [0.2, 0.25) is 0 Å². The summed E-state index contributed by atoms with van der Waals surface area (Å²) in [4.78, 5) is 22.1. The quantitative estimate of drug-likeness (QED) is 0.761. The summed E-state index contributed by atoms with van der Waals surface area (Å²) in [5, 5.41) is 11.1. The van der Waals surface area contributed by atoms with Crippen molar-refractivity contribution in [3.8, 4) is 0 Å². The summed E-state index contributed by atoms with van der Waals surface area (Å²) in [7, 11) is 0. The van der Waals surface area contributed by atoms with Gasteiger partial charge >= 0.3 is 5.97 Å². The fraction of sp³-hybridized carbons (Fsp3) is 0.200. The van der Waals surface area contributed by atoms with Gasteiger partial charge in [-0.25, -0.2) is 13.6 Å². The predicted octanol–water partition coefficient (Wildman–Crippen LogP) is 1.42. The summed E-state index contributed by atoms with van der Waals surface area (Å²) in [5.74, 6) is -3.71. The van der Waals surface area contributed by atoms with Crippen molar-refractivity contribution in [2.45, 2.75) is 12.5 Å². The van der Waals surface area contributed by atoms with E-state index in [0.717, 1.165) is 6.07 Å². The van der Waals surface area contributed by atoms with E-state index in [1.807, 2.05) is 0 Å². The molecular weight excluding hydrogens is 220 g/mol. The summed E-state index contributed by atoms with van der Waals surface area (Å²) < 4.78 is 26.1. The van der Waals surface area contributed by atoms with Gasteiger partial charge in [-0.05, 0) is 6.07 Å². The Morgan fingerprint density at radius 3 is 2.75 bits per heavy atom. The maximum atomic E-state index is 13.3. The van der Waals surface area contributed by atoms with Gasteiger partial charge in [-0.3, -0.25) is 4.79 Å². The maximum absolute atomic E-state index is 13.3. The lowest BCUT2D eigenvalue weighted by Crippen LogP contribution is -2.36. The molecule has 6 heteroatoms. The van der Waals surface area contributed by atoms with Gasteiger partial charge < -0.3 is 10.4 Å². The molecule has 1 heterocycles. The zero-order chi connectivity index (χ0) is 11.9. The number of carbonyl (C=O) groups excluding carboxylic acids is 1. The largest absolute Gasteiger partial charge is 0.480 e. The lowest BCUT2D eigenvalue weighted by Gasteiger charge is -2.23. The van der Waals surface area contributed by atoms with Crippen LogP contribution in [-0.2, 0) is 4.79 Å². The number of hydrogen-bond acceptors (Lipinski definition) is 3. The minimum Gasteiger partial charge on any atom is -0.480 e. The molecule has 16 heavy (non-hydrogen) atoms. The molecule has 2 rings (SSSR count). The van der Waals surface area contributed by atoms with Gasteiger partial charge in [-0.15, -0.1) is 0 Å². The van der Waals surface area contributed by atoms with E-state index in [1.165, 1.54) is 0 Å². The number of aliphatic carboxylic acids is 1. The smallest absolute Gasteiger partial charge is 0.326 e. The van der Waals surface area contributed by atoms with Crippen LogP contribution >= 0.6 is 0 Å². The fourth-order valence-corrected chi connectivity index (χ4v) is 1.65. The highest BCUT2D eigenvalue weighted by Gasteiger charge is 2.31. The normalized spacial score (nSPS) is 18.9. The first-order valence-electron chi connectivity index (χ1n) is 4.50. The number of anilines is 1. The van der Waals surface area contributed by atoms with Crippen molar-refractivity contribution < 1.29 is 23.5 Å². The van der Waals surface area contributed by atoms with Crippen molar-refractivity contribution in [3.63, 3.8) is 0 Å². The lowest BCUT2D eigenvalue weighted by molar-refractivity contribution is -0.137. The van der Waals surface area contributed by atoms with E-state index in [4.69, 9.17) is 5.11 Å². The number of halogens is 2. The van der Waals surface area contributed by atoms with Gasteiger partial charge in [0, 0.05) is 12.5 Å². The first kappa shape index (κ1) is 10.5. The van der Waals surface area contributed by atoms with E-state index < -0.39 is 29.4 Å². The molecule has 0 aliphatic carbocycles. The molecule has 1 aromatic rings. The molecular formula is C10H7F2NO3. The molecule has 0 spiro atoms. The summed E-state index contributed by atoms with van der Waals surface area (Å²) in [6.45, 7) is 0. The molecule has 0 bridgehead atoms. The molecule has 1 aliphatic heterocycles. The number of nitrogens with one attached hydrogen (secondary N) is 1. The van der Waals surface area contributed by atoms with Gasteiger partial charge in [0.05, 0.1) is 11.3 Å². The second-order valence-electron chi connectivity index (χ2n) is 3.47. The second-order valence-corrected chi connectivity index (χ2v) is 3.47. The van der Waals surface area contributed by atoms with Gasteiger partial charge in [0.25, 0.3) is 0 Å². The van der Waals surface area contributed by atoms with Gasteiger partial charge in [-0.2, -0.15) is 0 Å². The Morgan fingerprint density at radius 2 is 2.12 bits per heavy atom. The summed E-state index contributed by atoms with van der Waals surface area (Å²) >= 11 is 0. The van der Waals surface area contributed by atoms with E-state index in [0.29, 0.717) is 6.07 Å². The van der Waals surface area contributed by atoms with Crippen LogP contribution < -0.4 is 5.32 Å². The predicted molar refractivity (Wildman–Crippen MR) is 50.4 cm³/mol. The van der Waals surface area contributed by atoms with Crippen molar-refractivity contribution in [2.75, 3.05) is 5.32 Å². The molecule has 4 nitrogen and oxygen atoms in total. The number of carboxylic acids is 1. The Labute approximate surface area is 88.9 Å². The Hall–Kier alpha value is -1.98. The summed E-state index contributed by atoms with van der Waals surface area (Å²) in [6, 6.07) is 0.367. The highest BCUT2D eigenvalue weighted by Crippen LogP contribution is 2.28.